The van der Waals surface area contributed by atoms with Gasteiger partial charge in [0.25, 0.3) is 0 Å². The van der Waals surface area contributed by atoms with Crippen LogP contribution in [0.4, 0.5) is 11.5 Å². The van der Waals surface area contributed by atoms with Crippen molar-refractivity contribution in [2.24, 2.45) is 7.05 Å². The van der Waals surface area contributed by atoms with Gasteiger partial charge in [-0.25, -0.2) is 4.68 Å². The Morgan fingerprint density at radius 1 is 1.53 bits per heavy atom. The lowest BCUT2D eigenvalue weighted by Gasteiger charge is -2.05. The van der Waals surface area contributed by atoms with Crippen LogP contribution in [0, 0.1) is 10.1 Å². The van der Waals surface area contributed by atoms with E-state index in [0.29, 0.717) is 24.5 Å². The van der Waals surface area contributed by atoms with Gasteiger partial charge in [0.05, 0.1) is 4.92 Å². The molecule has 0 aliphatic carbocycles. The topological polar surface area (TPSA) is 85.9 Å². The summed E-state index contributed by atoms with van der Waals surface area (Å²) in [5.41, 5.74) is 1.49. The minimum Gasteiger partial charge on any atom is -0.360 e. The summed E-state index contributed by atoms with van der Waals surface area (Å²) in [5.74, 6) is 0.422. The van der Waals surface area contributed by atoms with E-state index in [0.717, 1.165) is 5.56 Å². The van der Waals surface area contributed by atoms with Crippen molar-refractivity contribution < 1.29 is 4.92 Å². The Balaban J connectivity index is 2.25. The fourth-order valence-electron chi connectivity index (χ4n) is 1.88. The second-order valence-corrected chi connectivity index (χ2v) is 4.09. The van der Waals surface area contributed by atoms with Gasteiger partial charge in [-0.05, 0) is 18.1 Å². The van der Waals surface area contributed by atoms with Gasteiger partial charge in [0.15, 0.2) is 0 Å². The zero-order valence-electron chi connectivity index (χ0n) is 10.8. The minimum atomic E-state index is -0.391. The zero-order valence-corrected chi connectivity index (χ0v) is 10.8. The van der Waals surface area contributed by atoms with E-state index in [2.05, 4.69) is 15.4 Å². The smallest absolute Gasteiger partial charge is 0.333 e. The molecule has 0 amide bonds. The maximum Gasteiger partial charge on any atom is 0.333 e. The van der Waals surface area contributed by atoms with E-state index in [1.54, 1.807) is 19.4 Å². The van der Waals surface area contributed by atoms with Gasteiger partial charge in [-0.1, -0.05) is 13.0 Å². The Labute approximate surface area is 110 Å². The molecule has 0 radical (unpaired) electrons. The van der Waals surface area contributed by atoms with Crippen LogP contribution in [-0.4, -0.2) is 19.7 Å². The minimum absolute atomic E-state index is 0.0499. The number of hydrogen-bond acceptors (Lipinski definition) is 5. The monoisotopic (exact) mass is 261 g/mol. The predicted molar refractivity (Wildman–Crippen MR) is 70.8 cm³/mol. The third-order valence-electron chi connectivity index (χ3n) is 2.79. The molecule has 0 unspecified atom stereocenters. The van der Waals surface area contributed by atoms with Crippen molar-refractivity contribution in [2.75, 3.05) is 5.32 Å². The van der Waals surface area contributed by atoms with Crippen LogP contribution in [0.5, 0.6) is 0 Å². The largest absolute Gasteiger partial charge is 0.360 e. The first kappa shape index (κ1) is 13.0. The molecule has 0 fully saturated rings. The van der Waals surface area contributed by atoms with E-state index in [4.69, 9.17) is 0 Å². The first-order chi connectivity index (χ1) is 9.13. The SMILES string of the molecule is CCc1nn(C)c(NCc2cccnc2)c1[N+](=O)[O-]. The molecule has 0 spiro atoms. The van der Waals surface area contributed by atoms with Crippen molar-refractivity contribution in [1.82, 2.24) is 14.8 Å². The molecule has 2 heterocycles. The van der Waals surface area contributed by atoms with Gasteiger partial charge in [0.1, 0.15) is 5.69 Å². The van der Waals surface area contributed by atoms with Gasteiger partial charge in [0, 0.05) is 26.0 Å². The molecule has 7 heteroatoms. The maximum atomic E-state index is 11.1. The summed E-state index contributed by atoms with van der Waals surface area (Å²) in [6, 6.07) is 3.73. The molecule has 2 rings (SSSR count). The highest BCUT2D eigenvalue weighted by molar-refractivity contribution is 5.59. The Bertz CT molecular complexity index is 579. The number of nitrogens with one attached hydrogen (secondary N) is 1. The van der Waals surface area contributed by atoms with Crippen molar-refractivity contribution in [3.63, 3.8) is 0 Å². The van der Waals surface area contributed by atoms with Gasteiger partial charge in [-0.3, -0.25) is 15.1 Å². The maximum absolute atomic E-state index is 11.1. The summed E-state index contributed by atoms with van der Waals surface area (Å²) in [6.45, 7) is 2.32. The molecular formula is C12H15N5O2. The molecule has 7 nitrogen and oxygen atoms in total. The molecule has 0 aliphatic heterocycles. The fraction of sp³-hybridized carbons (Fsp3) is 0.333. The molecule has 0 aliphatic rings. The number of nitrogens with zero attached hydrogens (tertiary/aromatic N) is 4. The number of rotatable bonds is 5. The quantitative estimate of drug-likeness (QED) is 0.656. The van der Waals surface area contributed by atoms with Crippen molar-refractivity contribution >= 4 is 11.5 Å². The summed E-state index contributed by atoms with van der Waals surface area (Å²) < 4.78 is 1.51. The Morgan fingerprint density at radius 3 is 2.89 bits per heavy atom. The lowest BCUT2D eigenvalue weighted by Crippen LogP contribution is -2.06. The third-order valence-corrected chi connectivity index (χ3v) is 2.79. The molecule has 0 saturated carbocycles. The molecule has 0 saturated heterocycles. The number of aryl methyl sites for hydroxylation is 2. The highest BCUT2D eigenvalue weighted by atomic mass is 16.6. The van der Waals surface area contributed by atoms with Crippen molar-refractivity contribution in [3.8, 4) is 0 Å². The molecule has 0 aromatic carbocycles. The third kappa shape index (κ3) is 2.70. The molecule has 2 aromatic rings. The van der Waals surface area contributed by atoms with Crippen LogP contribution in [0.1, 0.15) is 18.2 Å². The molecule has 1 N–H and O–H groups in total. The fourth-order valence-corrected chi connectivity index (χ4v) is 1.88. The summed E-state index contributed by atoms with van der Waals surface area (Å²) in [4.78, 5) is 14.7. The van der Waals surface area contributed by atoms with Crippen LogP contribution in [0.2, 0.25) is 0 Å². The van der Waals surface area contributed by atoms with Gasteiger partial charge in [0.2, 0.25) is 5.82 Å². The highest BCUT2D eigenvalue weighted by Crippen LogP contribution is 2.28. The molecule has 100 valence electrons. The predicted octanol–water partition coefficient (Wildman–Crippen LogP) is 1.90. The average Bonchev–Trinajstić information content (AvgIpc) is 2.74. The number of anilines is 1. The summed E-state index contributed by atoms with van der Waals surface area (Å²) >= 11 is 0. The number of aromatic nitrogens is 3. The van der Waals surface area contributed by atoms with Crippen LogP contribution < -0.4 is 5.32 Å². The van der Waals surface area contributed by atoms with E-state index in [-0.39, 0.29) is 5.69 Å². The second kappa shape index (κ2) is 5.47. The van der Waals surface area contributed by atoms with Gasteiger partial charge in [-0.15, -0.1) is 0 Å². The van der Waals surface area contributed by atoms with Gasteiger partial charge in [-0.2, -0.15) is 5.10 Å². The molecule has 19 heavy (non-hydrogen) atoms. The summed E-state index contributed by atoms with van der Waals surface area (Å²) in [7, 11) is 1.69. The van der Waals surface area contributed by atoms with Crippen molar-refractivity contribution in [2.45, 2.75) is 19.9 Å². The van der Waals surface area contributed by atoms with Gasteiger partial charge >= 0.3 is 5.69 Å². The number of nitro groups is 1. The highest BCUT2D eigenvalue weighted by Gasteiger charge is 2.25. The first-order valence-electron chi connectivity index (χ1n) is 5.96. The molecular weight excluding hydrogens is 246 g/mol. The first-order valence-corrected chi connectivity index (χ1v) is 5.96. The standard InChI is InChI=1S/C12H15N5O2/c1-3-10-11(17(18)19)12(16(2)15-10)14-8-9-5-4-6-13-7-9/h4-7,14H,3,8H2,1-2H3. The van der Waals surface area contributed by atoms with Crippen LogP contribution in [-0.2, 0) is 20.0 Å². The molecule has 0 atom stereocenters. The van der Waals surface area contributed by atoms with E-state index in [9.17, 15) is 10.1 Å². The van der Waals surface area contributed by atoms with Crippen molar-refractivity contribution in [1.29, 1.82) is 0 Å². The van der Waals surface area contributed by atoms with Crippen LogP contribution in [0.15, 0.2) is 24.5 Å². The summed E-state index contributed by atoms with van der Waals surface area (Å²) in [6.07, 6.45) is 3.93. The molecule has 2 aromatic heterocycles. The lowest BCUT2D eigenvalue weighted by molar-refractivity contribution is -0.384. The Hall–Kier alpha value is -2.44. The van der Waals surface area contributed by atoms with Crippen LogP contribution in [0.3, 0.4) is 0 Å². The molecule has 0 bridgehead atoms. The summed E-state index contributed by atoms with van der Waals surface area (Å²) in [5, 5.41) is 18.3. The lowest BCUT2D eigenvalue weighted by atomic mass is 10.2. The van der Waals surface area contributed by atoms with Gasteiger partial charge < -0.3 is 5.32 Å². The normalized spacial score (nSPS) is 10.4. The van der Waals surface area contributed by atoms with E-state index < -0.39 is 4.92 Å². The Kier molecular flexibility index (Phi) is 3.74. The van der Waals surface area contributed by atoms with Crippen LogP contribution >= 0.6 is 0 Å². The average molecular weight is 261 g/mol. The number of hydrogen-bond donors (Lipinski definition) is 1. The van der Waals surface area contributed by atoms with Crippen molar-refractivity contribution in [3.05, 3.63) is 45.9 Å². The number of pyridine rings is 1. The van der Waals surface area contributed by atoms with Crippen LogP contribution in [0.25, 0.3) is 0 Å². The van der Waals surface area contributed by atoms with E-state index >= 15 is 0 Å². The second-order valence-electron chi connectivity index (χ2n) is 4.09. The van der Waals surface area contributed by atoms with E-state index in [1.165, 1.54) is 4.68 Å². The Morgan fingerprint density at radius 2 is 2.32 bits per heavy atom. The zero-order chi connectivity index (χ0) is 13.8. The van der Waals surface area contributed by atoms with E-state index in [1.807, 2.05) is 19.1 Å².